The summed E-state index contributed by atoms with van der Waals surface area (Å²) in [6.45, 7) is 0. The summed E-state index contributed by atoms with van der Waals surface area (Å²) in [5.74, 6) is -4.48. The highest BCUT2D eigenvalue weighted by Crippen LogP contribution is 2.20. The van der Waals surface area contributed by atoms with Crippen molar-refractivity contribution in [1.82, 2.24) is 0 Å². The van der Waals surface area contributed by atoms with Gasteiger partial charge in [-0.25, -0.2) is 14.4 Å². The summed E-state index contributed by atoms with van der Waals surface area (Å²) in [5.41, 5.74) is -0.0174. The summed E-state index contributed by atoms with van der Waals surface area (Å²) in [6, 6.07) is 19.2. The zero-order valence-corrected chi connectivity index (χ0v) is 20.2. The van der Waals surface area contributed by atoms with Gasteiger partial charge in [-0.3, -0.25) is 4.79 Å². The molecule has 0 aliphatic carbocycles. The summed E-state index contributed by atoms with van der Waals surface area (Å²) in [6.07, 6.45) is -4.40. The van der Waals surface area contributed by atoms with Crippen molar-refractivity contribution in [2.45, 2.75) is 12.2 Å². The fourth-order valence-electron chi connectivity index (χ4n) is 3.25. The third kappa shape index (κ3) is 6.64. The van der Waals surface area contributed by atoms with Gasteiger partial charge in [0.25, 0.3) is 5.91 Å². The van der Waals surface area contributed by atoms with Crippen molar-refractivity contribution >= 4 is 29.5 Å². The second kappa shape index (κ2) is 12.5. The van der Waals surface area contributed by atoms with Crippen LogP contribution in [0.5, 0.6) is 11.5 Å². The van der Waals surface area contributed by atoms with E-state index in [1.807, 2.05) is 6.07 Å². The molecule has 0 saturated heterocycles. The van der Waals surface area contributed by atoms with Crippen LogP contribution in [0.15, 0.2) is 72.8 Å². The molecule has 3 aromatic rings. The Morgan fingerprint density at radius 1 is 0.789 bits per heavy atom. The highest BCUT2D eigenvalue weighted by molar-refractivity contribution is 6.02. The van der Waals surface area contributed by atoms with Crippen molar-refractivity contribution < 1.29 is 43.2 Å². The van der Waals surface area contributed by atoms with Gasteiger partial charge in [0.05, 0.1) is 36.6 Å². The molecule has 0 heterocycles. The molecule has 0 aromatic heterocycles. The molecule has 38 heavy (non-hydrogen) atoms. The molecule has 0 bridgehead atoms. The summed E-state index contributed by atoms with van der Waals surface area (Å²) in [7, 11) is 2.76. The van der Waals surface area contributed by atoms with Gasteiger partial charge in [-0.15, -0.1) is 0 Å². The number of carbonyl (C=O) groups excluding carboxylic acids is 3. The lowest BCUT2D eigenvalue weighted by atomic mass is 10.1. The topological polar surface area (TPSA) is 161 Å². The molecule has 0 fully saturated rings. The van der Waals surface area contributed by atoms with Crippen LogP contribution in [0.1, 0.15) is 26.3 Å². The van der Waals surface area contributed by atoms with Gasteiger partial charge in [0.2, 0.25) is 12.2 Å². The Hall–Kier alpha value is -5.37. The predicted octanol–water partition coefficient (Wildman–Crippen LogP) is 3.05. The average Bonchev–Trinajstić information content (AvgIpc) is 2.94. The van der Waals surface area contributed by atoms with Crippen LogP contribution in [0.4, 0.5) is 5.69 Å². The maximum absolute atomic E-state index is 13.2. The number of benzene rings is 3. The third-order valence-electron chi connectivity index (χ3n) is 5.16. The normalized spacial score (nSPS) is 11.7. The lowest BCUT2D eigenvalue weighted by Gasteiger charge is -2.24. The monoisotopic (exact) mass is 518 g/mol. The summed E-state index contributed by atoms with van der Waals surface area (Å²) in [5, 5.41) is 21.6. The van der Waals surface area contributed by atoms with Crippen molar-refractivity contribution in [2.75, 3.05) is 19.5 Å². The Morgan fingerprint density at radius 3 is 1.82 bits per heavy atom. The second-order valence-electron chi connectivity index (χ2n) is 7.60. The van der Waals surface area contributed by atoms with Crippen LogP contribution >= 0.6 is 0 Å². The Morgan fingerprint density at radius 2 is 1.32 bits per heavy atom. The van der Waals surface area contributed by atoms with E-state index in [-0.39, 0.29) is 22.4 Å². The Kier molecular flexibility index (Phi) is 8.99. The summed E-state index contributed by atoms with van der Waals surface area (Å²) >= 11 is 0. The van der Waals surface area contributed by atoms with Gasteiger partial charge < -0.3 is 29.4 Å². The first-order valence-corrected chi connectivity index (χ1v) is 11.0. The van der Waals surface area contributed by atoms with Gasteiger partial charge in [-0.2, -0.15) is 5.26 Å². The average molecular weight is 518 g/mol. The van der Waals surface area contributed by atoms with Crippen LogP contribution in [-0.4, -0.2) is 55.3 Å². The van der Waals surface area contributed by atoms with E-state index in [0.29, 0.717) is 11.5 Å². The number of carboxylic acid groups (broad SMARTS) is 1. The number of carbonyl (C=O) groups is 4. The van der Waals surface area contributed by atoms with Crippen LogP contribution in [0.25, 0.3) is 0 Å². The molecule has 194 valence electrons. The molecule has 1 amide bonds. The molecular formula is C27H22N2O9. The van der Waals surface area contributed by atoms with Gasteiger partial charge >= 0.3 is 17.9 Å². The maximum Gasteiger partial charge on any atom is 0.349 e. The first kappa shape index (κ1) is 27.2. The SMILES string of the molecule is COc1cccc(C(=O)O[C@@H](C(=O)O)[C@@H](OC(=O)c2cccc(OC)c2)C(=O)Nc2ccccc2C#N)c1. The zero-order valence-electron chi connectivity index (χ0n) is 20.2. The van der Waals surface area contributed by atoms with Crippen molar-refractivity contribution in [3.05, 3.63) is 89.5 Å². The molecule has 3 aromatic carbocycles. The second-order valence-corrected chi connectivity index (χ2v) is 7.60. The Balaban J connectivity index is 1.96. The maximum atomic E-state index is 13.2. The van der Waals surface area contributed by atoms with E-state index in [1.54, 1.807) is 18.2 Å². The molecule has 0 spiro atoms. The van der Waals surface area contributed by atoms with Gasteiger partial charge in [-0.05, 0) is 48.5 Å². The fraction of sp³-hybridized carbons (Fsp3) is 0.148. The number of anilines is 1. The lowest BCUT2D eigenvalue weighted by molar-refractivity contribution is -0.157. The van der Waals surface area contributed by atoms with Crippen molar-refractivity contribution in [2.24, 2.45) is 0 Å². The fourth-order valence-corrected chi connectivity index (χ4v) is 3.25. The number of nitrogens with one attached hydrogen (secondary N) is 1. The molecule has 3 rings (SSSR count). The molecule has 2 N–H and O–H groups in total. The van der Waals surface area contributed by atoms with Gasteiger partial charge in [0, 0.05) is 0 Å². The Bertz CT molecular complexity index is 1400. The highest BCUT2D eigenvalue weighted by atomic mass is 16.6. The van der Waals surface area contributed by atoms with Crippen molar-refractivity contribution in [3.8, 4) is 17.6 Å². The quantitative estimate of drug-likeness (QED) is 0.382. The minimum Gasteiger partial charge on any atom is -0.497 e. The van der Waals surface area contributed by atoms with Crippen molar-refractivity contribution in [1.29, 1.82) is 5.26 Å². The van der Waals surface area contributed by atoms with E-state index in [4.69, 9.17) is 18.9 Å². The van der Waals surface area contributed by atoms with E-state index in [1.165, 1.54) is 68.8 Å². The predicted molar refractivity (Wildman–Crippen MR) is 132 cm³/mol. The number of para-hydroxylation sites is 1. The molecule has 0 aliphatic rings. The minimum absolute atomic E-state index is 0.0330. The number of hydrogen-bond donors (Lipinski definition) is 2. The number of amides is 1. The largest absolute Gasteiger partial charge is 0.497 e. The van der Waals surface area contributed by atoms with E-state index in [0.717, 1.165) is 0 Å². The number of nitrogens with zero attached hydrogens (tertiary/aromatic N) is 1. The van der Waals surface area contributed by atoms with E-state index in [2.05, 4.69) is 5.32 Å². The molecule has 0 unspecified atom stereocenters. The summed E-state index contributed by atoms with van der Waals surface area (Å²) < 4.78 is 20.5. The number of esters is 2. The zero-order chi connectivity index (χ0) is 27.7. The lowest BCUT2D eigenvalue weighted by Crippen LogP contribution is -2.48. The van der Waals surface area contributed by atoms with E-state index < -0.39 is 36.0 Å². The van der Waals surface area contributed by atoms with Crippen LogP contribution in [0.3, 0.4) is 0 Å². The minimum atomic E-state index is -2.25. The smallest absolute Gasteiger partial charge is 0.349 e. The first-order chi connectivity index (χ1) is 18.3. The number of carboxylic acids is 1. The number of rotatable bonds is 10. The van der Waals surface area contributed by atoms with Crippen LogP contribution in [0, 0.1) is 11.3 Å². The summed E-state index contributed by atoms with van der Waals surface area (Å²) in [4.78, 5) is 51.1. The molecule has 0 aliphatic heterocycles. The number of hydrogen-bond acceptors (Lipinski definition) is 9. The standard InChI is InChI=1S/C27H22N2O9/c1-35-19-10-5-8-16(13-19)26(33)37-22(24(30)29-21-12-4-3-7-18(21)15-28)23(25(31)32)38-27(34)17-9-6-11-20(14-17)36-2/h3-14,22-23H,1-2H3,(H,29,30)(H,31,32)/t22-,23-/m1/s1. The Labute approximate surface area is 217 Å². The van der Waals surface area contributed by atoms with Crippen LogP contribution < -0.4 is 14.8 Å². The van der Waals surface area contributed by atoms with E-state index in [9.17, 15) is 29.5 Å². The van der Waals surface area contributed by atoms with Gasteiger partial charge in [-0.1, -0.05) is 24.3 Å². The van der Waals surface area contributed by atoms with Crippen molar-refractivity contribution in [3.63, 3.8) is 0 Å². The van der Waals surface area contributed by atoms with E-state index >= 15 is 0 Å². The first-order valence-electron chi connectivity index (χ1n) is 11.0. The number of methoxy groups -OCH3 is 2. The van der Waals surface area contributed by atoms with Gasteiger partial charge in [0.1, 0.15) is 17.6 Å². The third-order valence-corrected chi connectivity index (χ3v) is 5.16. The molecule has 0 saturated carbocycles. The van der Waals surface area contributed by atoms with Crippen LogP contribution in [0.2, 0.25) is 0 Å². The molecule has 11 heteroatoms. The van der Waals surface area contributed by atoms with Gasteiger partial charge in [0.15, 0.2) is 0 Å². The number of ether oxygens (including phenoxy) is 4. The molecule has 11 nitrogen and oxygen atoms in total. The number of aliphatic carboxylic acids is 1. The highest BCUT2D eigenvalue weighted by Gasteiger charge is 2.41. The molecule has 2 atom stereocenters. The molecule has 0 radical (unpaired) electrons. The van der Waals surface area contributed by atoms with Crippen LogP contribution in [-0.2, 0) is 19.1 Å². The molecular weight excluding hydrogens is 496 g/mol. The number of nitriles is 1.